The highest BCUT2D eigenvalue weighted by Crippen LogP contribution is 2.32. The smallest absolute Gasteiger partial charge is 0.306 e. The summed E-state index contributed by atoms with van der Waals surface area (Å²) >= 11 is 0. The van der Waals surface area contributed by atoms with E-state index in [-0.39, 0.29) is 30.4 Å². The van der Waals surface area contributed by atoms with Gasteiger partial charge in [0, 0.05) is 12.5 Å². The summed E-state index contributed by atoms with van der Waals surface area (Å²) in [6, 6.07) is -0.0188. The molecule has 1 unspecified atom stereocenters. The molecule has 1 aliphatic heterocycles. The number of aliphatic hydroxyl groups excluding tert-OH is 1. The van der Waals surface area contributed by atoms with Crippen molar-refractivity contribution in [2.75, 3.05) is 13.2 Å². The monoisotopic (exact) mass is 255 g/mol. The predicted molar refractivity (Wildman–Crippen MR) is 64.9 cm³/mol. The van der Waals surface area contributed by atoms with E-state index in [1.54, 1.807) is 4.90 Å². The van der Waals surface area contributed by atoms with Gasteiger partial charge in [0.05, 0.1) is 18.6 Å². The van der Waals surface area contributed by atoms with Crippen LogP contribution in [0.25, 0.3) is 0 Å². The van der Waals surface area contributed by atoms with Crippen LogP contribution < -0.4 is 0 Å². The van der Waals surface area contributed by atoms with Crippen molar-refractivity contribution in [3.8, 4) is 0 Å². The minimum absolute atomic E-state index is 0.0188. The van der Waals surface area contributed by atoms with E-state index in [9.17, 15) is 14.7 Å². The van der Waals surface area contributed by atoms with Crippen LogP contribution in [0.5, 0.6) is 0 Å². The molecule has 1 aliphatic carbocycles. The SMILES string of the molecule is O=C(O)C1CCC(C(=O)N2CCCC2CO)CC1. The summed E-state index contributed by atoms with van der Waals surface area (Å²) in [4.78, 5) is 25.0. The molecule has 2 fully saturated rings. The number of aliphatic hydroxyl groups is 1. The van der Waals surface area contributed by atoms with E-state index in [1.165, 1.54) is 0 Å². The second kappa shape index (κ2) is 5.69. The number of likely N-dealkylation sites (tertiary alicyclic amines) is 1. The van der Waals surface area contributed by atoms with E-state index < -0.39 is 5.97 Å². The number of carbonyl (C=O) groups excluding carboxylic acids is 1. The van der Waals surface area contributed by atoms with Crippen LogP contribution >= 0.6 is 0 Å². The maximum atomic E-state index is 12.3. The summed E-state index contributed by atoms with van der Waals surface area (Å²) in [5.41, 5.74) is 0. The molecule has 2 rings (SSSR count). The number of amides is 1. The number of hydrogen-bond acceptors (Lipinski definition) is 3. The number of rotatable bonds is 3. The summed E-state index contributed by atoms with van der Waals surface area (Å²) < 4.78 is 0. The third-order valence-corrected chi connectivity index (χ3v) is 4.30. The fraction of sp³-hybridized carbons (Fsp3) is 0.846. The molecule has 102 valence electrons. The number of aliphatic carboxylic acids is 1. The van der Waals surface area contributed by atoms with E-state index >= 15 is 0 Å². The van der Waals surface area contributed by atoms with Gasteiger partial charge in [-0.3, -0.25) is 9.59 Å². The van der Waals surface area contributed by atoms with Crippen molar-refractivity contribution in [3.63, 3.8) is 0 Å². The van der Waals surface area contributed by atoms with E-state index in [4.69, 9.17) is 5.11 Å². The highest BCUT2D eigenvalue weighted by Gasteiger charge is 2.35. The van der Waals surface area contributed by atoms with E-state index in [2.05, 4.69) is 0 Å². The van der Waals surface area contributed by atoms with Gasteiger partial charge < -0.3 is 15.1 Å². The van der Waals surface area contributed by atoms with Crippen LogP contribution in [0, 0.1) is 11.8 Å². The fourth-order valence-corrected chi connectivity index (χ4v) is 3.14. The van der Waals surface area contributed by atoms with Gasteiger partial charge in [-0.15, -0.1) is 0 Å². The van der Waals surface area contributed by atoms with Crippen LogP contribution in [0.3, 0.4) is 0 Å². The van der Waals surface area contributed by atoms with E-state index in [0.29, 0.717) is 25.7 Å². The molecular formula is C13H21NO4. The first kappa shape index (κ1) is 13.3. The average molecular weight is 255 g/mol. The van der Waals surface area contributed by atoms with Gasteiger partial charge in [0.2, 0.25) is 5.91 Å². The number of carboxylic acids is 1. The molecule has 0 aromatic rings. The topological polar surface area (TPSA) is 77.8 Å². The molecule has 1 amide bonds. The summed E-state index contributed by atoms with van der Waals surface area (Å²) in [5, 5.41) is 18.2. The minimum atomic E-state index is -0.740. The zero-order chi connectivity index (χ0) is 13.1. The van der Waals surface area contributed by atoms with E-state index in [1.807, 2.05) is 0 Å². The maximum absolute atomic E-state index is 12.3. The predicted octanol–water partition coefficient (Wildman–Crippen LogP) is 0.861. The first-order valence-corrected chi connectivity index (χ1v) is 6.77. The van der Waals surface area contributed by atoms with Gasteiger partial charge in [0.1, 0.15) is 0 Å². The Hall–Kier alpha value is -1.10. The van der Waals surface area contributed by atoms with Gasteiger partial charge >= 0.3 is 5.97 Å². The van der Waals surface area contributed by atoms with Gasteiger partial charge in [0.15, 0.2) is 0 Å². The molecule has 5 nitrogen and oxygen atoms in total. The Balaban J connectivity index is 1.89. The van der Waals surface area contributed by atoms with Crippen LogP contribution in [0.4, 0.5) is 0 Å². The van der Waals surface area contributed by atoms with Crippen molar-refractivity contribution in [2.24, 2.45) is 11.8 Å². The molecule has 5 heteroatoms. The second-order valence-corrected chi connectivity index (χ2v) is 5.40. The normalized spacial score (nSPS) is 32.5. The maximum Gasteiger partial charge on any atom is 0.306 e. The molecule has 0 bridgehead atoms. The van der Waals surface area contributed by atoms with E-state index in [0.717, 1.165) is 19.4 Å². The second-order valence-electron chi connectivity index (χ2n) is 5.40. The molecule has 1 atom stereocenters. The molecule has 2 N–H and O–H groups in total. The number of hydrogen-bond donors (Lipinski definition) is 2. The lowest BCUT2D eigenvalue weighted by atomic mass is 9.81. The van der Waals surface area contributed by atoms with Crippen LogP contribution in [-0.4, -0.2) is 46.2 Å². The highest BCUT2D eigenvalue weighted by atomic mass is 16.4. The Kier molecular flexibility index (Phi) is 4.22. The summed E-state index contributed by atoms with van der Waals surface area (Å²) in [7, 11) is 0. The van der Waals surface area contributed by atoms with Crippen molar-refractivity contribution in [1.82, 2.24) is 4.90 Å². The summed E-state index contributed by atoms with van der Waals surface area (Å²) in [5.74, 6) is -0.931. The molecule has 1 heterocycles. The third-order valence-electron chi connectivity index (χ3n) is 4.30. The standard InChI is InChI=1S/C13H21NO4/c15-8-11-2-1-7-14(11)12(16)9-3-5-10(6-4-9)13(17)18/h9-11,15H,1-8H2,(H,17,18). The molecule has 18 heavy (non-hydrogen) atoms. The Morgan fingerprint density at radius 3 is 2.22 bits per heavy atom. The van der Waals surface area contributed by atoms with Gasteiger partial charge in [-0.2, -0.15) is 0 Å². The van der Waals surface area contributed by atoms with Crippen molar-refractivity contribution in [2.45, 2.75) is 44.6 Å². The number of carbonyl (C=O) groups is 2. The molecule has 2 aliphatic rings. The van der Waals surface area contributed by atoms with Crippen molar-refractivity contribution >= 4 is 11.9 Å². The quantitative estimate of drug-likeness (QED) is 0.784. The third kappa shape index (κ3) is 2.66. The fourth-order valence-electron chi connectivity index (χ4n) is 3.14. The first-order valence-electron chi connectivity index (χ1n) is 6.77. The molecule has 0 aromatic heterocycles. The van der Waals surface area contributed by atoms with Gasteiger partial charge in [-0.05, 0) is 38.5 Å². The van der Waals surface area contributed by atoms with Gasteiger partial charge in [0.25, 0.3) is 0 Å². The number of nitrogens with zero attached hydrogens (tertiary/aromatic N) is 1. The summed E-state index contributed by atoms with van der Waals surface area (Å²) in [6.07, 6.45) is 4.38. The van der Waals surface area contributed by atoms with Crippen molar-refractivity contribution in [1.29, 1.82) is 0 Å². The Bertz CT molecular complexity index is 323. The Labute approximate surface area is 107 Å². The largest absolute Gasteiger partial charge is 0.481 e. The lowest BCUT2D eigenvalue weighted by molar-refractivity contribution is -0.146. The zero-order valence-electron chi connectivity index (χ0n) is 10.5. The van der Waals surface area contributed by atoms with Crippen molar-refractivity contribution < 1.29 is 19.8 Å². The lowest BCUT2D eigenvalue weighted by Crippen LogP contribution is -2.42. The lowest BCUT2D eigenvalue weighted by Gasteiger charge is -2.31. The van der Waals surface area contributed by atoms with Crippen LogP contribution in [-0.2, 0) is 9.59 Å². The molecule has 0 spiro atoms. The average Bonchev–Trinajstić information content (AvgIpc) is 2.86. The molecule has 0 aromatic carbocycles. The Morgan fingerprint density at radius 1 is 1.06 bits per heavy atom. The van der Waals surface area contributed by atoms with Crippen molar-refractivity contribution in [3.05, 3.63) is 0 Å². The van der Waals surface area contributed by atoms with Crippen LogP contribution in [0.1, 0.15) is 38.5 Å². The van der Waals surface area contributed by atoms with Crippen LogP contribution in [0.15, 0.2) is 0 Å². The molecule has 1 saturated carbocycles. The summed E-state index contributed by atoms with van der Waals surface area (Å²) in [6.45, 7) is 0.777. The van der Waals surface area contributed by atoms with Crippen LogP contribution in [0.2, 0.25) is 0 Å². The van der Waals surface area contributed by atoms with Gasteiger partial charge in [-0.25, -0.2) is 0 Å². The van der Waals surface area contributed by atoms with Gasteiger partial charge in [-0.1, -0.05) is 0 Å². The highest BCUT2D eigenvalue weighted by molar-refractivity contribution is 5.80. The minimum Gasteiger partial charge on any atom is -0.481 e. The Morgan fingerprint density at radius 2 is 1.67 bits per heavy atom. The first-order chi connectivity index (χ1) is 8.63. The molecular weight excluding hydrogens is 234 g/mol. The molecule has 1 saturated heterocycles. The molecule has 0 radical (unpaired) electrons. The zero-order valence-corrected chi connectivity index (χ0v) is 10.5. The number of carboxylic acid groups (broad SMARTS) is 1.